The van der Waals surface area contributed by atoms with Gasteiger partial charge in [0, 0.05) is 25.6 Å². The van der Waals surface area contributed by atoms with E-state index in [2.05, 4.69) is 15.3 Å². The van der Waals surface area contributed by atoms with Crippen LogP contribution in [-0.2, 0) is 5.92 Å². The lowest BCUT2D eigenvalue weighted by Crippen LogP contribution is -2.42. The molecule has 6 nitrogen and oxygen atoms in total. The van der Waals surface area contributed by atoms with Crippen molar-refractivity contribution in [2.45, 2.75) is 26.2 Å². The molecule has 1 fully saturated rings. The largest absolute Gasteiger partial charge is 0.480 e. The number of urea groups is 1. The number of piperidine rings is 1. The number of aromatic nitrogens is 2. The van der Waals surface area contributed by atoms with Gasteiger partial charge in [0.05, 0.1) is 19.5 Å². The highest BCUT2D eigenvalue weighted by molar-refractivity contribution is 5.88. The van der Waals surface area contributed by atoms with Gasteiger partial charge in [-0.1, -0.05) is 36.8 Å². The summed E-state index contributed by atoms with van der Waals surface area (Å²) in [5.41, 5.74) is 1.88. The van der Waals surface area contributed by atoms with E-state index < -0.39 is 5.92 Å². The number of nitrogens with zero attached hydrogens (tertiary/aromatic N) is 3. The van der Waals surface area contributed by atoms with E-state index in [0.717, 1.165) is 18.1 Å². The Labute approximate surface area is 168 Å². The molecule has 8 heteroatoms. The summed E-state index contributed by atoms with van der Waals surface area (Å²) in [6.07, 6.45) is 5.49. The van der Waals surface area contributed by atoms with Crippen LogP contribution in [0.4, 0.5) is 19.4 Å². The zero-order valence-electron chi connectivity index (χ0n) is 16.7. The third kappa shape index (κ3) is 5.28. The lowest BCUT2D eigenvalue weighted by Gasteiger charge is -2.33. The Kier molecular flexibility index (Phi) is 6.10. The fourth-order valence-corrected chi connectivity index (χ4v) is 3.24. The maximum atomic E-state index is 13.6. The normalized spacial score (nSPS) is 18.6. The third-order valence-corrected chi connectivity index (χ3v) is 4.90. The molecule has 1 aromatic heterocycles. The molecule has 0 saturated carbocycles. The van der Waals surface area contributed by atoms with E-state index in [1.54, 1.807) is 11.0 Å². The Morgan fingerprint density at radius 2 is 2.14 bits per heavy atom. The number of amides is 2. The van der Waals surface area contributed by atoms with E-state index in [0.29, 0.717) is 31.2 Å². The number of methoxy groups -OCH3 is 1. The molecule has 0 aliphatic carbocycles. The molecule has 2 amide bonds. The SMILES string of the molecule is COc1cnc(NC(=O)N2CCC(=Cc3cccc(C(C)(F)F)c3)C(C)C2)cn1. The highest BCUT2D eigenvalue weighted by atomic mass is 19.3. The summed E-state index contributed by atoms with van der Waals surface area (Å²) in [4.78, 5) is 22.3. The van der Waals surface area contributed by atoms with E-state index >= 15 is 0 Å². The van der Waals surface area contributed by atoms with Crippen molar-refractivity contribution in [3.63, 3.8) is 0 Å². The van der Waals surface area contributed by atoms with Crippen molar-refractivity contribution in [3.05, 3.63) is 53.4 Å². The summed E-state index contributed by atoms with van der Waals surface area (Å²) in [5, 5.41) is 2.73. The Morgan fingerprint density at radius 3 is 2.76 bits per heavy atom. The molecule has 0 bridgehead atoms. The molecule has 0 radical (unpaired) electrons. The molecule has 1 N–H and O–H groups in total. The number of benzene rings is 1. The molecule has 1 aliphatic heterocycles. The van der Waals surface area contributed by atoms with Gasteiger partial charge in [-0.2, -0.15) is 0 Å². The maximum Gasteiger partial charge on any atom is 0.323 e. The van der Waals surface area contributed by atoms with Crippen LogP contribution in [0.25, 0.3) is 6.08 Å². The number of nitrogens with one attached hydrogen (secondary N) is 1. The number of rotatable bonds is 4. The van der Waals surface area contributed by atoms with Crippen LogP contribution in [0.2, 0.25) is 0 Å². The Bertz CT molecular complexity index is 894. The fraction of sp³-hybridized carbons (Fsp3) is 0.381. The van der Waals surface area contributed by atoms with Crippen LogP contribution >= 0.6 is 0 Å². The summed E-state index contributed by atoms with van der Waals surface area (Å²) in [6, 6.07) is 6.16. The molecule has 1 atom stereocenters. The number of halogens is 2. The second-order valence-electron chi connectivity index (χ2n) is 7.20. The zero-order chi connectivity index (χ0) is 21.0. The van der Waals surface area contributed by atoms with Gasteiger partial charge in [0.15, 0.2) is 5.82 Å². The van der Waals surface area contributed by atoms with E-state index in [9.17, 15) is 13.6 Å². The number of alkyl halides is 2. The van der Waals surface area contributed by atoms with Gasteiger partial charge in [-0.25, -0.2) is 23.5 Å². The molecule has 1 unspecified atom stereocenters. The van der Waals surface area contributed by atoms with Crippen molar-refractivity contribution in [1.29, 1.82) is 0 Å². The number of hydrogen-bond acceptors (Lipinski definition) is 4. The predicted molar refractivity (Wildman–Crippen MR) is 107 cm³/mol. The lowest BCUT2D eigenvalue weighted by molar-refractivity contribution is 0.0174. The minimum absolute atomic E-state index is 0.00285. The first-order valence-corrected chi connectivity index (χ1v) is 9.37. The van der Waals surface area contributed by atoms with Crippen LogP contribution in [0.5, 0.6) is 5.88 Å². The molecule has 1 aliphatic rings. The van der Waals surface area contributed by atoms with Crippen molar-refractivity contribution in [3.8, 4) is 5.88 Å². The molecule has 0 spiro atoms. The molecule has 154 valence electrons. The van der Waals surface area contributed by atoms with Gasteiger partial charge < -0.3 is 9.64 Å². The molecule has 29 heavy (non-hydrogen) atoms. The highest BCUT2D eigenvalue weighted by Crippen LogP contribution is 2.30. The van der Waals surface area contributed by atoms with Crippen LogP contribution in [0.1, 0.15) is 31.4 Å². The molecular formula is C21H24F2N4O2. The molecule has 2 heterocycles. The molecular weight excluding hydrogens is 378 g/mol. The van der Waals surface area contributed by atoms with E-state index in [1.807, 2.05) is 19.1 Å². The first kappa shape index (κ1) is 20.7. The van der Waals surface area contributed by atoms with Gasteiger partial charge in [-0.15, -0.1) is 0 Å². The van der Waals surface area contributed by atoms with Gasteiger partial charge in [0.1, 0.15) is 0 Å². The van der Waals surface area contributed by atoms with Crippen molar-refractivity contribution >= 4 is 17.9 Å². The number of ether oxygens (including phenoxy) is 1. The highest BCUT2D eigenvalue weighted by Gasteiger charge is 2.26. The number of carbonyl (C=O) groups is 1. The Hall–Kier alpha value is -3.03. The number of likely N-dealkylation sites (tertiary alicyclic amines) is 1. The van der Waals surface area contributed by atoms with E-state index in [-0.39, 0.29) is 17.5 Å². The van der Waals surface area contributed by atoms with Crippen molar-refractivity contribution < 1.29 is 18.3 Å². The molecule has 1 aromatic carbocycles. The Morgan fingerprint density at radius 1 is 1.34 bits per heavy atom. The smallest absolute Gasteiger partial charge is 0.323 e. The first-order valence-electron chi connectivity index (χ1n) is 9.37. The summed E-state index contributed by atoms with van der Waals surface area (Å²) in [7, 11) is 1.49. The topological polar surface area (TPSA) is 67.3 Å². The maximum absolute atomic E-state index is 13.6. The standard InChI is InChI=1S/C21H24F2N4O2/c1-14-13-27(20(28)26-18-11-25-19(29-3)12-24-18)8-7-16(14)9-15-5-4-6-17(10-15)21(2,22)23/h4-6,9-12,14H,7-8,13H2,1-3H3,(H,24,26,28). The lowest BCUT2D eigenvalue weighted by atomic mass is 9.91. The van der Waals surface area contributed by atoms with Gasteiger partial charge in [0.2, 0.25) is 5.88 Å². The average Bonchev–Trinajstić information content (AvgIpc) is 2.69. The second-order valence-corrected chi connectivity index (χ2v) is 7.20. The van der Waals surface area contributed by atoms with Crippen LogP contribution in [-0.4, -0.2) is 41.1 Å². The zero-order valence-corrected chi connectivity index (χ0v) is 16.7. The summed E-state index contributed by atoms with van der Waals surface area (Å²) in [5.74, 6) is -2.04. The van der Waals surface area contributed by atoms with Crippen LogP contribution in [0.3, 0.4) is 0 Å². The van der Waals surface area contributed by atoms with Crippen molar-refractivity contribution in [2.75, 3.05) is 25.5 Å². The predicted octanol–water partition coefficient (Wildman–Crippen LogP) is 4.55. The molecule has 1 saturated heterocycles. The Balaban J connectivity index is 1.64. The van der Waals surface area contributed by atoms with Gasteiger partial charge in [-0.05, 0) is 24.0 Å². The summed E-state index contributed by atoms with van der Waals surface area (Å²) >= 11 is 0. The van der Waals surface area contributed by atoms with Crippen molar-refractivity contribution in [2.24, 2.45) is 5.92 Å². The van der Waals surface area contributed by atoms with E-state index in [1.165, 1.54) is 31.6 Å². The molecule has 2 aromatic rings. The summed E-state index contributed by atoms with van der Waals surface area (Å²) < 4.78 is 32.1. The quantitative estimate of drug-likeness (QED) is 0.815. The van der Waals surface area contributed by atoms with Gasteiger partial charge in [-0.3, -0.25) is 5.32 Å². The van der Waals surface area contributed by atoms with Crippen LogP contribution in [0.15, 0.2) is 42.2 Å². The summed E-state index contributed by atoms with van der Waals surface area (Å²) in [6.45, 7) is 3.99. The number of carbonyl (C=O) groups excluding carboxylic acids is 1. The average molecular weight is 402 g/mol. The minimum Gasteiger partial charge on any atom is -0.480 e. The fourth-order valence-electron chi connectivity index (χ4n) is 3.24. The van der Waals surface area contributed by atoms with Crippen molar-refractivity contribution in [1.82, 2.24) is 14.9 Å². The van der Waals surface area contributed by atoms with Gasteiger partial charge >= 0.3 is 6.03 Å². The third-order valence-electron chi connectivity index (χ3n) is 4.90. The van der Waals surface area contributed by atoms with Gasteiger partial charge in [0.25, 0.3) is 5.92 Å². The van der Waals surface area contributed by atoms with Crippen LogP contribution < -0.4 is 10.1 Å². The minimum atomic E-state index is -2.87. The second kappa shape index (κ2) is 8.55. The van der Waals surface area contributed by atoms with E-state index in [4.69, 9.17) is 4.74 Å². The first-order chi connectivity index (χ1) is 13.8. The number of hydrogen-bond donors (Lipinski definition) is 1. The monoisotopic (exact) mass is 402 g/mol. The number of anilines is 1. The molecule has 3 rings (SSSR count). The van der Waals surface area contributed by atoms with Crippen LogP contribution in [0, 0.1) is 5.92 Å².